The van der Waals surface area contributed by atoms with E-state index in [2.05, 4.69) is 62.5 Å². The number of phenolic OH excluding ortho intramolecular Hbond substituents is 1. The number of aliphatic imine (C=N–C) groups is 1. The summed E-state index contributed by atoms with van der Waals surface area (Å²) in [6, 6.07) is 11.3. The molecule has 0 saturated carbocycles. The van der Waals surface area contributed by atoms with Crippen molar-refractivity contribution >= 4 is 33.9 Å². The number of nitrogens with zero attached hydrogens (tertiary/aromatic N) is 1. The second kappa shape index (κ2) is 7.45. The van der Waals surface area contributed by atoms with Crippen molar-refractivity contribution in [2.24, 2.45) is 4.99 Å². The maximum atomic E-state index is 12.4. The molecule has 0 unspecified atom stereocenters. The topological polar surface area (TPSA) is 58.9 Å². The summed E-state index contributed by atoms with van der Waals surface area (Å²) in [5.41, 5.74) is 2.94. The number of cyclic esters (lactones) is 1. The molecule has 2 aromatic carbocycles. The first-order valence-electron chi connectivity index (χ1n) is 9.53. The van der Waals surface area contributed by atoms with Crippen LogP contribution in [0.3, 0.4) is 0 Å². The predicted molar refractivity (Wildman–Crippen MR) is 120 cm³/mol. The molecule has 152 valence electrons. The van der Waals surface area contributed by atoms with Crippen LogP contribution in [-0.4, -0.2) is 17.0 Å². The van der Waals surface area contributed by atoms with Gasteiger partial charge in [-0.1, -0.05) is 63.5 Å². The predicted octanol–water partition coefficient (Wildman–Crippen LogP) is 6.09. The van der Waals surface area contributed by atoms with Gasteiger partial charge in [0, 0.05) is 21.2 Å². The summed E-state index contributed by atoms with van der Waals surface area (Å²) in [6.45, 7) is 12.3. The maximum Gasteiger partial charge on any atom is 0.363 e. The Morgan fingerprint density at radius 1 is 1.00 bits per heavy atom. The Morgan fingerprint density at radius 3 is 2.10 bits per heavy atom. The van der Waals surface area contributed by atoms with Gasteiger partial charge >= 0.3 is 5.97 Å². The lowest BCUT2D eigenvalue weighted by molar-refractivity contribution is -0.129. The molecule has 0 aromatic heterocycles. The average molecular weight is 456 g/mol. The van der Waals surface area contributed by atoms with E-state index in [0.717, 1.165) is 26.7 Å². The molecule has 0 saturated heterocycles. The van der Waals surface area contributed by atoms with E-state index in [1.54, 1.807) is 6.08 Å². The van der Waals surface area contributed by atoms with Gasteiger partial charge in [0.1, 0.15) is 5.75 Å². The van der Waals surface area contributed by atoms with E-state index in [-0.39, 0.29) is 22.4 Å². The second-order valence-electron chi connectivity index (χ2n) is 9.31. The van der Waals surface area contributed by atoms with Crippen LogP contribution in [0.4, 0.5) is 0 Å². The third-order valence-electron chi connectivity index (χ3n) is 4.74. The number of halogens is 1. The SMILES string of the molecule is CC(C)(C)c1cc(/C=C2\N=C(c3cccc(Br)c3)OC2=O)cc(C(C)(C)C)c1O. The number of rotatable bonds is 2. The van der Waals surface area contributed by atoms with Crippen molar-refractivity contribution in [2.75, 3.05) is 0 Å². The van der Waals surface area contributed by atoms with Crippen LogP contribution in [0, 0.1) is 0 Å². The molecule has 0 fully saturated rings. The van der Waals surface area contributed by atoms with Gasteiger partial charge in [-0.2, -0.15) is 0 Å². The summed E-state index contributed by atoms with van der Waals surface area (Å²) in [4.78, 5) is 16.8. The number of benzene rings is 2. The van der Waals surface area contributed by atoms with Crippen LogP contribution in [0.15, 0.2) is 51.6 Å². The Balaban J connectivity index is 2.11. The number of hydrogen-bond donors (Lipinski definition) is 1. The summed E-state index contributed by atoms with van der Waals surface area (Å²) in [5, 5.41) is 10.9. The van der Waals surface area contributed by atoms with Crippen molar-refractivity contribution in [3.8, 4) is 5.75 Å². The molecule has 5 heteroatoms. The Hall–Kier alpha value is -2.40. The number of esters is 1. The Morgan fingerprint density at radius 2 is 1.59 bits per heavy atom. The number of carbonyl (C=O) groups is 1. The van der Waals surface area contributed by atoms with Crippen LogP contribution in [-0.2, 0) is 20.4 Å². The molecular formula is C24H26BrNO3. The van der Waals surface area contributed by atoms with E-state index in [9.17, 15) is 9.90 Å². The molecule has 0 amide bonds. The van der Waals surface area contributed by atoms with Crippen LogP contribution in [0.1, 0.15) is 63.8 Å². The molecule has 3 rings (SSSR count). The molecule has 2 aromatic rings. The molecule has 1 aliphatic rings. The van der Waals surface area contributed by atoms with E-state index in [4.69, 9.17) is 4.74 Å². The molecule has 1 N–H and O–H groups in total. The lowest BCUT2D eigenvalue weighted by Crippen LogP contribution is -2.17. The molecule has 1 aliphatic heterocycles. The van der Waals surface area contributed by atoms with Crippen molar-refractivity contribution < 1.29 is 14.6 Å². The van der Waals surface area contributed by atoms with Crippen molar-refractivity contribution in [1.82, 2.24) is 0 Å². The van der Waals surface area contributed by atoms with Gasteiger partial charge < -0.3 is 9.84 Å². The third kappa shape index (κ3) is 4.61. The third-order valence-corrected chi connectivity index (χ3v) is 5.24. The molecule has 0 aliphatic carbocycles. The first-order valence-corrected chi connectivity index (χ1v) is 10.3. The van der Waals surface area contributed by atoms with Crippen LogP contribution >= 0.6 is 15.9 Å². The zero-order valence-electron chi connectivity index (χ0n) is 17.6. The molecule has 29 heavy (non-hydrogen) atoms. The van der Waals surface area contributed by atoms with Crippen LogP contribution in [0.2, 0.25) is 0 Å². The largest absolute Gasteiger partial charge is 0.507 e. The molecule has 4 nitrogen and oxygen atoms in total. The maximum absolute atomic E-state index is 12.4. The summed E-state index contributed by atoms with van der Waals surface area (Å²) < 4.78 is 6.26. The zero-order chi connectivity index (χ0) is 21.6. The molecular weight excluding hydrogens is 430 g/mol. The van der Waals surface area contributed by atoms with E-state index in [1.165, 1.54) is 0 Å². The molecule has 0 spiro atoms. The van der Waals surface area contributed by atoms with Gasteiger partial charge in [-0.25, -0.2) is 9.79 Å². The van der Waals surface area contributed by atoms with Gasteiger partial charge in [0.15, 0.2) is 5.70 Å². The summed E-state index contributed by atoms with van der Waals surface area (Å²) >= 11 is 3.42. The van der Waals surface area contributed by atoms with Crippen molar-refractivity contribution in [3.05, 3.63) is 68.8 Å². The van der Waals surface area contributed by atoms with E-state index < -0.39 is 5.97 Å². The summed E-state index contributed by atoms with van der Waals surface area (Å²) in [6.07, 6.45) is 1.72. The fraction of sp³-hybridized carbons (Fsp3) is 0.333. The standard InChI is InChI=1S/C24H26BrNO3/c1-23(2,3)17-10-14(11-18(20(17)27)24(4,5)6)12-19-22(28)29-21(26-19)15-8-7-9-16(25)13-15/h7-13,27H,1-6H3/b19-12-. The van der Waals surface area contributed by atoms with E-state index in [0.29, 0.717) is 5.75 Å². The van der Waals surface area contributed by atoms with Crippen LogP contribution < -0.4 is 0 Å². The molecule has 0 atom stereocenters. The molecule has 0 bridgehead atoms. The number of ether oxygens (including phenoxy) is 1. The Bertz CT molecular complexity index is 1000. The first-order chi connectivity index (χ1) is 13.4. The Labute approximate surface area is 180 Å². The molecule has 1 heterocycles. The smallest absolute Gasteiger partial charge is 0.363 e. The minimum absolute atomic E-state index is 0.241. The van der Waals surface area contributed by atoms with E-state index >= 15 is 0 Å². The van der Waals surface area contributed by atoms with E-state index in [1.807, 2.05) is 36.4 Å². The first kappa shape index (κ1) is 21.3. The highest BCUT2D eigenvalue weighted by atomic mass is 79.9. The van der Waals surface area contributed by atoms with Gasteiger partial charge in [-0.3, -0.25) is 0 Å². The van der Waals surface area contributed by atoms with Crippen molar-refractivity contribution in [2.45, 2.75) is 52.4 Å². The van der Waals surface area contributed by atoms with Gasteiger partial charge in [0.2, 0.25) is 5.90 Å². The lowest BCUT2D eigenvalue weighted by Gasteiger charge is -2.27. The number of carbonyl (C=O) groups excluding carboxylic acids is 1. The second-order valence-corrected chi connectivity index (χ2v) is 10.2. The minimum atomic E-state index is -0.484. The van der Waals surface area contributed by atoms with Gasteiger partial charge in [0.05, 0.1) is 0 Å². The van der Waals surface area contributed by atoms with Crippen molar-refractivity contribution in [3.63, 3.8) is 0 Å². The Kier molecular flexibility index (Phi) is 5.48. The zero-order valence-corrected chi connectivity index (χ0v) is 19.2. The highest BCUT2D eigenvalue weighted by Gasteiger charge is 2.28. The van der Waals surface area contributed by atoms with Gasteiger partial charge in [-0.05, 0) is 52.8 Å². The molecule has 0 radical (unpaired) electrons. The average Bonchev–Trinajstić information content (AvgIpc) is 2.95. The quantitative estimate of drug-likeness (QED) is 0.439. The highest BCUT2D eigenvalue weighted by molar-refractivity contribution is 9.10. The fourth-order valence-electron chi connectivity index (χ4n) is 3.20. The van der Waals surface area contributed by atoms with Gasteiger partial charge in [0.25, 0.3) is 0 Å². The fourth-order valence-corrected chi connectivity index (χ4v) is 3.59. The van der Waals surface area contributed by atoms with Crippen molar-refractivity contribution in [1.29, 1.82) is 0 Å². The number of phenols is 1. The number of hydrogen-bond acceptors (Lipinski definition) is 4. The number of aromatic hydroxyl groups is 1. The highest BCUT2D eigenvalue weighted by Crippen LogP contribution is 2.40. The minimum Gasteiger partial charge on any atom is -0.507 e. The summed E-state index contributed by atoms with van der Waals surface area (Å²) in [7, 11) is 0. The normalized spacial score (nSPS) is 16.2. The summed E-state index contributed by atoms with van der Waals surface area (Å²) in [5.74, 6) is 0.107. The lowest BCUT2D eigenvalue weighted by atomic mass is 9.78. The van der Waals surface area contributed by atoms with Gasteiger partial charge in [-0.15, -0.1) is 0 Å². The van der Waals surface area contributed by atoms with Crippen LogP contribution in [0.25, 0.3) is 6.08 Å². The monoisotopic (exact) mass is 455 g/mol. The van der Waals surface area contributed by atoms with Crippen LogP contribution in [0.5, 0.6) is 5.75 Å².